The van der Waals surface area contributed by atoms with Crippen LogP contribution in [0.4, 0.5) is 17.6 Å². The molecule has 0 saturated carbocycles. The average Bonchev–Trinajstić information content (AvgIpc) is 2.85. The van der Waals surface area contributed by atoms with Crippen LogP contribution < -0.4 is 4.74 Å². The van der Waals surface area contributed by atoms with Crippen LogP contribution in [-0.2, 0) is 16.0 Å². The van der Waals surface area contributed by atoms with Crippen molar-refractivity contribution in [2.24, 2.45) is 0 Å². The van der Waals surface area contributed by atoms with Crippen LogP contribution >= 0.6 is 11.3 Å². The molecule has 0 radical (unpaired) electrons. The largest absolute Gasteiger partial charge is 0.480 e. The normalized spacial score (nSPS) is 12.5. The van der Waals surface area contributed by atoms with Gasteiger partial charge in [-0.05, 0) is 12.1 Å². The van der Waals surface area contributed by atoms with Crippen LogP contribution in [-0.4, -0.2) is 31.8 Å². The minimum absolute atomic E-state index is 0.0367. The summed E-state index contributed by atoms with van der Waals surface area (Å²) >= 11 is 0.718. The smallest absolute Gasteiger partial charge is 0.426 e. The third kappa shape index (κ3) is 3.19. The van der Waals surface area contributed by atoms with E-state index in [-0.39, 0.29) is 14.9 Å². The number of ether oxygens (including phenoxy) is 1. The standard InChI is InChI=1S/C11H8F4N2O3S2/c1-20-10-7(11(13,14)15)8(12)16-9(17-10)5-3-4-6(21-5)22(2,18)19/h3-4H,1-2H3. The summed E-state index contributed by atoms with van der Waals surface area (Å²) in [5.41, 5.74) is -1.71. The number of sulfone groups is 1. The number of alkyl halides is 3. The molecule has 0 fully saturated rings. The summed E-state index contributed by atoms with van der Waals surface area (Å²) in [6, 6.07) is 2.52. The van der Waals surface area contributed by atoms with E-state index in [0.29, 0.717) is 0 Å². The van der Waals surface area contributed by atoms with Crippen LogP contribution in [0.25, 0.3) is 10.7 Å². The number of aromatic nitrogens is 2. The highest BCUT2D eigenvalue weighted by Gasteiger charge is 2.40. The summed E-state index contributed by atoms with van der Waals surface area (Å²) in [6.45, 7) is 0. The second-order valence-corrected chi connectivity index (χ2v) is 7.44. The van der Waals surface area contributed by atoms with Crippen LogP contribution in [0, 0.1) is 5.95 Å². The molecule has 0 unspecified atom stereocenters. The highest BCUT2D eigenvalue weighted by atomic mass is 32.2. The lowest BCUT2D eigenvalue weighted by Gasteiger charge is -2.11. The third-order valence-corrected chi connectivity index (χ3v) is 5.38. The van der Waals surface area contributed by atoms with Crippen molar-refractivity contribution in [3.05, 3.63) is 23.6 Å². The van der Waals surface area contributed by atoms with Crippen LogP contribution in [0.15, 0.2) is 16.3 Å². The van der Waals surface area contributed by atoms with Gasteiger partial charge in [0.05, 0.1) is 12.0 Å². The van der Waals surface area contributed by atoms with Gasteiger partial charge in [0.2, 0.25) is 11.8 Å². The van der Waals surface area contributed by atoms with Crippen molar-refractivity contribution in [2.75, 3.05) is 13.4 Å². The molecule has 0 aromatic carbocycles. The van der Waals surface area contributed by atoms with E-state index in [2.05, 4.69) is 14.7 Å². The average molecular weight is 356 g/mol. The summed E-state index contributed by atoms with van der Waals surface area (Å²) in [7, 11) is -2.58. The summed E-state index contributed by atoms with van der Waals surface area (Å²) in [5.74, 6) is -3.14. The van der Waals surface area contributed by atoms with Gasteiger partial charge in [-0.1, -0.05) is 0 Å². The number of nitrogens with zero attached hydrogens (tertiary/aromatic N) is 2. The van der Waals surface area contributed by atoms with Gasteiger partial charge in [0.15, 0.2) is 21.2 Å². The number of hydrogen-bond donors (Lipinski definition) is 0. The maximum absolute atomic E-state index is 13.7. The maximum Gasteiger partial charge on any atom is 0.426 e. The molecule has 0 atom stereocenters. The monoisotopic (exact) mass is 356 g/mol. The molecule has 2 aromatic rings. The van der Waals surface area contributed by atoms with E-state index in [1.54, 1.807) is 0 Å². The molecule has 2 aromatic heterocycles. The molecule has 22 heavy (non-hydrogen) atoms. The molecule has 0 aliphatic heterocycles. The lowest BCUT2D eigenvalue weighted by atomic mass is 10.3. The van der Waals surface area contributed by atoms with Gasteiger partial charge < -0.3 is 4.74 Å². The van der Waals surface area contributed by atoms with E-state index in [1.807, 2.05) is 0 Å². The first kappa shape index (κ1) is 16.6. The van der Waals surface area contributed by atoms with Gasteiger partial charge in [-0.2, -0.15) is 27.5 Å². The van der Waals surface area contributed by atoms with E-state index in [0.717, 1.165) is 24.7 Å². The number of hydrogen-bond acceptors (Lipinski definition) is 6. The predicted molar refractivity (Wildman–Crippen MR) is 70.0 cm³/mol. The Kier molecular flexibility index (Phi) is 4.13. The summed E-state index contributed by atoms with van der Waals surface area (Å²) in [5, 5.41) is 0. The Bertz CT molecular complexity index is 815. The fourth-order valence-electron chi connectivity index (χ4n) is 1.55. The van der Waals surface area contributed by atoms with Crippen LogP contribution in [0.1, 0.15) is 5.56 Å². The second-order valence-electron chi connectivity index (χ2n) is 4.11. The van der Waals surface area contributed by atoms with E-state index in [1.165, 1.54) is 12.1 Å². The van der Waals surface area contributed by atoms with Crippen molar-refractivity contribution in [3.8, 4) is 16.6 Å². The van der Waals surface area contributed by atoms with Crippen molar-refractivity contribution >= 4 is 21.2 Å². The maximum atomic E-state index is 13.7. The predicted octanol–water partition coefficient (Wildman–Crippen LogP) is 2.78. The molecule has 5 nitrogen and oxygen atoms in total. The minimum atomic E-state index is -5.01. The summed E-state index contributed by atoms with van der Waals surface area (Å²) in [6.07, 6.45) is -4.04. The zero-order valence-corrected chi connectivity index (χ0v) is 12.7. The molecule has 2 rings (SSSR count). The Labute approximate surface area is 126 Å². The van der Waals surface area contributed by atoms with Crippen molar-refractivity contribution < 1.29 is 30.7 Å². The first-order valence-electron chi connectivity index (χ1n) is 5.53. The van der Waals surface area contributed by atoms with Crippen molar-refractivity contribution in [3.63, 3.8) is 0 Å². The van der Waals surface area contributed by atoms with Gasteiger partial charge in [-0.3, -0.25) is 0 Å². The second kappa shape index (κ2) is 5.47. The SMILES string of the molecule is COc1nc(-c2ccc(S(C)(=O)=O)s2)nc(F)c1C(F)(F)F. The molecule has 0 aliphatic rings. The van der Waals surface area contributed by atoms with Gasteiger partial charge in [-0.25, -0.2) is 8.42 Å². The molecule has 0 amide bonds. The van der Waals surface area contributed by atoms with Crippen molar-refractivity contribution in [2.45, 2.75) is 10.4 Å². The molecule has 120 valence electrons. The van der Waals surface area contributed by atoms with Crippen LogP contribution in [0.2, 0.25) is 0 Å². The Morgan fingerprint density at radius 2 is 1.86 bits per heavy atom. The topological polar surface area (TPSA) is 69.2 Å². The Balaban J connectivity index is 2.59. The summed E-state index contributed by atoms with van der Waals surface area (Å²) < 4.78 is 79.0. The molecule has 0 N–H and O–H groups in total. The number of methoxy groups -OCH3 is 1. The molecule has 0 spiro atoms. The quantitative estimate of drug-likeness (QED) is 0.625. The van der Waals surface area contributed by atoms with Gasteiger partial charge >= 0.3 is 6.18 Å². The van der Waals surface area contributed by atoms with Crippen molar-refractivity contribution in [1.29, 1.82) is 0 Å². The molecule has 0 bridgehead atoms. The third-order valence-electron chi connectivity index (χ3n) is 2.48. The van der Waals surface area contributed by atoms with Crippen LogP contribution in [0.3, 0.4) is 0 Å². The molecule has 0 saturated heterocycles. The Hall–Kier alpha value is -1.75. The van der Waals surface area contributed by atoms with E-state index in [9.17, 15) is 26.0 Å². The van der Waals surface area contributed by atoms with Crippen molar-refractivity contribution in [1.82, 2.24) is 9.97 Å². The number of halogens is 4. The molecular formula is C11H8F4N2O3S2. The lowest BCUT2D eigenvalue weighted by Crippen LogP contribution is -2.14. The fraction of sp³-hybridized carbons (Fsp3) is 0.273. The van der Waals surface area contributed by atoms with E-state index in [4.69, 9.17) is 0 Å². The minimum Gasteiger partial charge on any atom is -0.480 e. The van der Waals surface area contributed by atoms with Gasteiger partial charge in [0, 0.05) is 6.26 Å². The zero-order valence-electron chi connectivity index (χ0n) is 11.1. The molecule has 0 aliphatic carbocycles. The molecule has 11 heteroatoms. The van der Waals surface area contributed by atoms with E-state index >= 15 is 0 Å². The highest BCUT2D eigenvalue weighted by molar-refractivity contribution is 7.92. The molecular weight excluding hydrogens is 348 g/mol. The Morgan fingerprint density at radius 1 is 1.23 bits per heavy atom. The van der Waals surface area contributed by atoms with Gasteiger partial charge in [0.1, 0.15) is 4.21 Å². The van der Waals surface area contributed by atoms with Crippen LogP contribution in [0.5, 0.6) is 5.88 Å². The van der Waals surface area contributed by atoms with E-state index < -0.39 is 33.4 Å². The lowest BCUT2D eigenvalue weighted by molar-refractivity contribution is -0.142. The first-order chi connectivity index (χ1) is 10.0. The number of rotatable bonds is 3. The fourth-order valence-corrected chi connectivity index (χ4v) is 3.41. The van der Waals surface area contributed by atoms with Gasteiger partial charge in [-0.15, -0.1) is 11.3 Å². The highest BCUT2D eigenvalue weighted by Crippen LogP contribution is 2.38. The Morgan fingerprint density at radius 3 is 2.32 bits per heavy atom. The summed E-state index contributed by atoms with van der Waals surface area (Å²) in [4.78, 5) is 6.76. The number of thiophene rings is 1. The molecule has 2 heterocycles. The first-order valence-corrected chi connectivity index (χ1v) is 8.24. The zero-order chi connectivity index (χ0) is 16.7. The van der Waals surface area contributed by atoms with Gasteiger partial charge in [0.25, 0.3) is 0 Å².